The number of carbonyl (C=O) groups excluding carboxylic acids is 2. The standard InChI is InChI=1S/C14H14BrNO3/c1-8-13(14(18)19-2)11(7-12(17)16-8)9-4-3-5-10(15)6-9/h3-6,11H,7H2,1-2H3,(H,16,17). The summed E-state index contributed by atoms with van der Waals surface area (Å²) in [7, 11) is 1.34. The van der Waals surface area contributed by atoms with E-state index >= 15 is 0 Å². The van der Waals surface area contributed by atoms with Crippen molar-refractivity contribution in [1.82, 2.24) is 5.32 Å². The van der Waals surface area contributed by atoms with Gasteiger partial charge in [0.2, 0.25) is 5.91 Å². The Hall–Kier alpha value is -1.62. The highest BCUT2D eigenvalue weighted by molar-refractivity contribution is 9.10. The first kappa shape index (κ1) is 13.8. The van der Waals surface area contributed by atoms with Crippen molar-refractivity contribution in [3.8, 4) is 0 Å². The maximum absolute atomic E-state index is 11.9. The molecular weight excluding hydrogens is 310 g/mol. The second-order valence-corrected chi connectivity index (χ2v) is 5.31. The van der Waals surface area contributed by atoms with Gasteiger partial charge in [-0.1, -0.05) is 28.1 Å². The maximum atomic E-state index is 11.9. The van der Waals surface area contributed by atoms with E-state index in [1.165, 1.54) is 7.11 Å². The number of esters is 1. The molecule has 1 atom stereocenters. The summed E-state index contributed by atoms with van der Waals surface area (Å²) in [5, 5.41) is 2.69. The van der Waals surface area contributed by atoms with Crippen molar-refractivity contribution >= 4 is 27.8 Å². The van der Waals surface area contributed by atoms with Crippen LogP contribution in [0.4, 0.5) is 0 Å². The van der Waals surface area contributed by atoms with Crippen molar-refractivity contribution in [2.24, 2.45) is 0 Å². The number of hydrogen-bond donors (Lipinski definition) is 1. The van der Waals surface area contributed by atoms with Gasteiger partial charge < -0.3 is 10.1 Å². The highest BCUT2D eigenvalue weighted by Gasteiger charge is 2.32. The van der Waals surface area contributed by atoms with E-state index in [0.29, 0.717) is 11.3 Å². The minimum Gasteiger partial charge on any atom is -0.466 e. The number of methoxy groups -OCH3 is 1. The fourth-order valence-corrected chi connectivity index (χ4v) is 2.71. The van der Waals surface area contributed by atoms with Crippen molar-refractivity contribution in [1.29, 1.82) is 0 Å². The molecule has 1 N–H and O–H groups in total. The summed E-state index contributed by atoms with van der Waals surface area (Å²) in [4.78, 5) is 23.6. The zero-order chi connectivity index (χ0) is 14.0. The molecule has 0 fully saturated rings. The Kier molecular flexibility index (Phi) is 4.04. The molecule has 0 spiro atoms. The van der Waals surface area contributed by atoms with Gasteiger partial charge >= 0.3 is 5.97 Å². The molecule has 5 heteroatoms. The van der Waals surface area contributed by atoms with Crippen LogP contribution < -0.4 is 5.32 Å². The molecule has 1 heterocycles. The van der Waals surface area contributed by atoms with Gasteiger partial charge in [0, 0.05) is 22.5 Å². The van der Waals surface area contributed by atoms with E-state index in [2.05, 4.69) is 21.2 Å². The van der Waals surface area contributed by atoms with Gasteiger partial charge in [-0.25, -0.2) is 4.79 Å². The molecule has 1 aromatic rings. The number of ether oxygens (including phenoxy) is 1. The number of rotatable bonds is 2. The van der Waals surface area contributed by atoms with Crippen molar-refractivity contribution in [3.63, 3.8) is 0 Å². The van der Waals surface area contributed by atoms with Crippen LogP contribution in [0.3, 0.4) is 0 Å². The smallest absolute Gasteiger partial charge is 0.336 e. The Bertz CT molecular complexity index is 566. The van der Waals surface area contributed by atoms with E-state index in [9.17, 15) is 9.59 Å². The van der Waals surface area contributed by atoms with Crippen LogP contribution >= 0.6 is 15.9 Å². The van der Waals surface area contributed by atoms with Gasteiger partial charge in [-0.15, -0.1) is 0 Å². The van der Waals surface area contributed by atoms with Gasteiger partial charge in [-0.2, -0.15) is 0 Å². The van der Waals surface area contributed by atoms with E-state index in [0.717, 1.165) is 10.0 Å². The Labute approximate surface area is 120 Å². The summed E-state index contributed by atoms with van der Waals surface area (Å²) < 4.78 is 5.73. The number of benzene rings is 1. The monoisotopic (exact) mass is 323 g/mol. The van der Waals surface area contributed by atoms with Gasteiger partial charge in [0.15, 0.2) is 0 Å². The SMILES string of the molecule is COC(=O)C1=C(C)NC(=O)CC1c1cccc(Br)c1. The second kappa shape index (κ2) is 5.57. The van der Waals surface area contributed by atoms with Crippen molar-refractivity contribution < 1.29 is 14.3 Å². The maximum Gasteiger partial charge on any atom is 0.336 e. The molecule has 0 radical (unpaired) electrons. The molecule has 100 valence electrons. The average molecular weight is 324 g/mol. The number of halogens is 1. The summed E-state index contributed by atoms with van der Waals surface area (Å²) in [6.07, 6.45) is 0.248. The predicted molar refractivity (Wildman–Crippen MR) is 74.4 cm³/mol. The van der Waals surface area contributed by atoms with Gasteiger partial charge in [0.1, 0.15) is 0 Å². The lowest BCUT2D eigenvalue weighted by molar-refractivity contribution is -0.136. The third-order valence-electron chi connectivity index (χ3n) is 3.13. The summed E-state index contributed by atoms with van der Waals surface area (Å²) in [5.74, 6) is -0.753. The molecular formula is C14H14BrNO3. The number of amides is 1. The van der Waals surface area contributed by atoms with E-state index in [1.807, 2.05) is 24.3 Å². The fourth-order valence-electron chi connectivity index (χ4n) is 2.29. The summed E-state index contributed by atoms with van der Waals surface area (Å²) in [5.41, 5.74) is 2.00. The van der Waals surface area contributed by atoms with E-state index in [-0.39, 0.29) is 18.2 Å². The summed E-state index contributed by atoms with van der Waals surface area (Å²) in [6, 6.07) is 7.61. The zero-order valence-electron chi connectivity index (χ0n) is 10.7. The quantitative estimate of drug-likeness (QED) is 0.851. The molecule has 0 saturated carbocycles. The van der Waals surface area contributed by atoms with Crippen LogP contribution in [-0.2, 0) is 14.3 Å². The fraction of sp³-hybridized carbons (Fsp3) is 0.286. The highest BCUT2D eigenvalue weighted by Crippen LogP contribution is 2.34. The Morgan fingerprint density at radius 3 is 2.84 bits per heavy atom. The molecule has 1 amide bonds. The Morgan fingerprint density at radius 2 is 2.21 bits per heavy atom. The lowest BCUT2D eigenvalue weighted by Gasteiger charge is -2.26. The van der Waals surface area contributed by atoms with Gasteiger partial charge in [-0.05, 0) is 24.6 Å². The van der Waals surface area contributed by atoms with E-state index in [4.69, 9.17) is 4.74 Å². The van der Waals surface area contributed by atoms with Crippen LogP contribution in [0, 0.1) is 0 Å². The Balaban J connectivity index is 2.49. The molecule has 0 saturated heterocycles. The first-order valence-corrected chi connectivity index (χ1v) is 6.66. The molecule has 2 rings (SSSR count). The molecule has 1 aliphatic rings. The molecule has 0 bridgehead atoms. The summed E-state index contributed by atoms with van der Waals surface area (Å²) in [6.45, 7) is 1.72. The number of carbonyl (C=O) groups is 2. The van der Waals surface area contributed by atoms with Crippen LogP contribution in [0.2, 0.25) is 0 Å². The predicted octanol–water partition coefficient (Wildman–Crippen LogP) is 2.50. The summed E-state index contributed by atoms with van der Waals surface area (Å²) >= 11 is 3.40. The van der Waals surface area contributed by atoms with E-state index in [1.54, 1.807) is 6.92 Å². The van der Waals surface area contributed by atoms with Crippen LogP contribution in [-0.4, -0.2) is 19.0 Å². The topological polar surface area (TPSA) is 55.4 Å². The number of hydrogen-bond acceptors (Lipinski definition) is 3. The first-order valence-electron chi connectivity index (χ1n) is 5.87. The minimum atomic E-state index is -0.400. The van der Waals surface area contributed by atoms with Crippen LogP contribution in [0.5, 0.6) is 0 Å². The molecule has 0 aromatic heterocycles. The molecule has 0 aliphatic carbocycles. The van der Waals surface area contributed by atoms with Crippen molar-refractivity contribution in [2.45, 2.75) is 19.3 Å². The third kappa shape index (κ3) is 2.87. The third-order valence-corrected chi connectivity index (χ3v) is 3.62. The zero-order valence-corrected chi connectivity index (χ0v) is 12.3. The van der Waals surface area contributed by atoms with Crippen LogP contribution in [0.15, 0.2) is 40.0 Å². The average Bonchev–Trinajstić information content (AvgIpc) is 2.37. The lowest BCUT2D eigenvalue weighted by Crippen LogP contribution is -2.34. The molecule has 19 heavy (non-hydrogen) atoms. The van der Waals surface area contributed by atoms with Crippen LogP contribution in [0.1, 0.15) is 24.8 Å². The lowest BCUT2D eigenvalue weighted by atomic mass is 9.84. The van der Waals surface area contributed by atoms with Gasteiger partial charge in [0.05, 0.1) is 12.7 Å². The van der Waals surface area contributed by atoms with E-state index < -0.39 is 5.97 Å². The molecule has 1 aliphatic heterocycles. The minimum absolute atomic E-state index is 0.0878. The first-order chi connectivity index (χ1) is 9.02. The van der Waals surface area contributed by atoms with Crippen LogP contribution in [0.25, 0.3) is 0 Å². The highest BCUT2D eigenvalue weighted by atomic mass is 79.9. The normalized spacial score (nSPS) is 19.1. The Morgan fingerprint density at radius 1 is 1.47 bits per heavy atom. The van der Waals surface area contributed by atoms with Crippen molar-refractivity contribution in [3.05, 3.63) is 45.6 Å². The number of nitrogens with one attached hydrogen (secondary N) is 1. The van der Waals surface area contributed by atoms with Gasteiger partial charge in [-0.3, -0.25) is 4.79 Å². The number of allylic oxidation sites excluding steroid dienone is 1. The molecule has 1 unspecified atom stereocenters. The van der Waals surface area contributed by atoms with Crippen molar-refractivity contribution in [2.75, 3.05) is 7.11 Å². The second-order valence-electron chi connectivity index (χ2n) is 4.39. The molecule has 4 nitrogen and oxygen atoms in total. The van der Waals surface area contributed by atoms with Gasteiger partial charge in [0.25, 0.3) is 0 Å². The largest absolute Gasteiger partial charge is 0.466 e. The molecule has 1 aromatic carbocycles.